The zero-order valence-electron chi connectivity index (χ0n) is 11.8. The van der Waals surface area contributed by atoms with Crippen molar-refractivity contribution in [2.24, 2.45) is 0 Å². The summed E-state index contributed by atoms with van der Waals surface area (Å²) < 4.78 is 0. The first-order valence-corrected chi connectivity index (χ1v) is 6.60. The molecule has 3 N–H and O–H groups in total. The number of carbonyl (C=O) groups is 1. The summed E-state index contributed by atoms with van der Waals surface area (Å²) >= 11 is 0. The second-order valence-electron chi connectivity index (χ2n) is 4.72. The molecule has 0 spiro atoms. The van der Waals surface area contributed by atoms with E-state index in [1.807, 2.05) is 0 Å². The Morgan fingerprint density at radius 1 is 1.37 bits per heavy atom. The Hall–Kier alpha value is -1.95. The van der Waals surface area contributed by atoms with Crippen molar-refractivity contribution in [3.05, 3.63) is 28.3 Å². The number of nitrogens with two attached hydrogens (primary N) is 1. The molecule has 1 rings (SSSR count). The molecule has 3 nitrogen and oxygen atoms in total. The predicted molar refractivity (Wildman–Crippen MR) is 78.3 cm³/mol. The maximum absolute atomic E-state index is 11.1. The molecule has 0 amide bonds. The van der Waals surface area contributed by atoms with Crippen molar-refractivity contribution < 1.29 is 9.90 Å². The highest BCUT2D eigenvalue weighted by molar-refractivity contribution is 5.93. The quantitative estimate of drug-likeness (QED) is 0.494. The summed E-state index contributed by atoms with van der Waals surface area (Å²) in [4.78, 5) is 11.1. The van der Waals surface area contributed by atoms with Gasteiger partial charge in [0, 0.05) is 12.0 Å². The van der Waals surface area contributed by atoms with Crippen LogP contribution in [0.25, 0.3) is 0 Å². The summed E-state index contributed by atoms with van der Waals surface area (Å²) in [5.41, 5.74) is 8.77. The van der Waals surface area contributed by atoms with E-state index in [2.05, 4.69) is 18.8 Å². The Balaban J connectivity index is 3.01. The van der Waals surface area contributed by atoms with Gasteiger partial charge in [0.15, 0.2) is 0 Å². The minimum Gasteiger partial charge on any atom is -0.478 e. The highest BCUT2D eigenvalue weighted by Gasteiger charge is 2.15. The smallest absolute Gasteiger partial charge is 0.336 e. The number of hydrogen-bond donors (Lipinski definition) is 2. The Morgan fingerprint density at radius 2 is 2.05 bits per heavy atom. The number of aryl methyl sites for hydroxylation is 1. The maximum Gasteiger partial charge on any atom is 0.336 e. The number of aromatic carboxylic acids is 1. The average molecular weight is 259 g/mol. The molecule has 0 aliphatic rings. The van der Waals surface area contributed by atoms with Gasteiger partial charge in [-0.2, -0.15) is 0 Å². The molecule has 0 radical (unpaired) electrons. The van der Waals surface area contributed by atoms with Crippen LogP contribution >= 0.6 is 0 Å². The first-order valence-electron chi connectivity index (χ1n) is 6.60. The molecule has 0 atom stereocenters. The normalized spacial score (nSPS) is 9.84. The Bertz CT molecular complexity index is 536. The number of hydrogen-bond acceptors (Lipinski definition) is 2. The third-order valence-corrected chi connectivity index (χ3v) is 3.17. The van der Waals surface area contributed by atoms with Crippen LogP contribution in [0.15, 0.2) is 6.07 Å². The molecule has 0 bridgehead atoms. The standard InChI is InChI=1S/C16H21NO2/c1-4-5-6-7-8-9-13-10-11(2)14(16(18)19)12(3)15(13)17/h10H,4-7,17H2,1-3H3,(H,18,19). The highest BCUT2D eigenvalue weighted by Crippen LogP contribution is 2.24. The van der Waals surface area contributed by atoms with Crippen LogP contribution in [0.1, 0.15) is 59.7 Å². The Morgan fingerprint density at radius 3 is 2.63 bits per heavy atom. The number of carboxylic acid groups (broad SMARTS) is 1. The van der Waals surface area contributed by atoms with Crippen LogP contribution < -0.4 is 5.73 Å². The molecule has 0 aliphatic heterocycles. The summed E-state index contributed by atoms with van der Waals surface area (Å²) in [7, 11) is 0. The lowest BCUT2D eigenvalue weighted by molar-refractivity contribution is 0.0695. The lowest BCUT2D eigenvalue weighted by Gasteiger charge is -2.10. The van der Waals surface area contributed by atoms with Crippen LogP contribution in [0.5, 0.6) is 0 Å². The monoisotopic (exact) mass is 259 g/mol. The van der Waals surface area contributed by atoms with Crippen LogP contribution in [-0.4, -0.2) is 11.1 Å². The van der Waals surface area contributed by atoms with Gasteiger partial charge in [0.05, 0.1) is 11.3 Å². The summed E-state index contributed by atoms with van der Waals surface area (Å²) in [6, 6.07) is 1.76. The van der Waals surface area contributed by atoms with Crippen LogP contribution in [0.4, 0.5) is 5.69 Å². The van der Waals surface area contributed by atoms with E-state index >= 15 is 0 Å². The molecule has 1 aromatic carbocycles. The van der Waals surface area contributed by atoms with Gasteiger partial charge in [0.25, 0.3) is 0 Å². The van der Waals surface area contributed by atoms with Crippen molar-refractivity contribution in [1.29, 1.82) is 0 Å². The van der Waals surface area contributed by atoms with Crippen LogP contribution in [0.3, 0.4) is 0 Å². The highest BCUT2D eigenvalue weighted by atomic mass is 16.4. The van der Waals surface area contributed by atoms with Gasteiger partial charge in [0.2, 0.25) is 0 Å². The number of anilines is 1. The number of carboxylic acids is 1. The van der Waals surface area contributed by atoms with Crippen molar-refractivity contribution in [2.75, 3.05) is 5.73 Å². The fraction of sp³-hybridized carbons (Fsp3) is 0.438. The second-order valence-corrected chi connectivity index (χ2v) is 4.72. The summed E-state index contributed by atoms with van der Waals surface area (Å²) in [6.45, 7) is 5.66. The van der Waals surface area contributed by atoms with Gasteiger partial charge in [-0.05, 0) is 37.5 Å². The molecule has 0 fully saturated rings. The number of benzene rings is 1. The van der Waals surface area contributed by atoms with Gasteiger partial charge >= 0.3 is 5.97 Å². The van der Waals surface area contributed by atoms with Gasteiger partial charge in [0.1, 0.15) is 0 Å². The predicted octanol–water partition coefficient (Wildman–Crippen LogP) is 3.52. The van der Waals surface area contributed by atoms with E-state index < -0.39 is 5.97 Å². The van der Waals surface area contributed by atoms with E-state index in [1.165, 1.54) is 12.8 Å². The van der Waals surface area contributed by atoms with Gasteiger partial charge in [-0.25, -0.2) is 4.79 Å². The average Bonchev–Trinajstić information content (AvgIpc) is 2.34. The molecule has 0 aromatic heterocycles. The van der Waals surface area contributed by atoms with Crippen molar-refractivity contribution in [3.8, 4) is 11.8 Å². The molecule has 1 aromatic rings. The summed E-state index contributed by atoms with van der Waals surface area (Å²) in [6.07, 6.45) is 4.30. The minimum absolute atomic E-state index is 0.286. The molecule has 0 heterocycles. The van der Waals surface area contributed by atoms with Gasteiger partial charge in [-0.1, -0.05) is 31.6 Å². The molecule has 102 valence electrons. The molecular weight excluding hydrogens is 238 g/mol. The van der Waals surface area contributed by atoms with E-state index in [1.54, 1.807) is 19.9 Å². The molecule has 3 heteroatoms. The van der Waals surface area contributed by atoms with Crippen molar-refractivity contribution in [3.63, 3.8) is 0 Å². The molecule has 0 saturated carbocycles. The Labute approximate surface area is 114 Å². The summed E-state index contributed by atoms with van der Waals surface area (Å²) in [5, 5.41) is 9.14. The lowest BCUT2D eigenvalue weighted by atomic mass is 9.97. The largest absolute Gasteiger partial charge is 0.478 e. The number of unbranched alkanes of at least 4 members (excludes halogenated alkanes) is 3. The molecule has 0 unspecified atom stereocenters. The SMILES string of the molecule is CCCCCC#Cc1cc(C)c(C(=O)O)c(C)c1N. The van der Waals surface area contributed by atoms with Gasteiger partial charge in [-0.15, -0.1) is 0 Å². The first-order chi connectivity index (χ1) is 8.99. The van der Waals surface area contributed by atoms with E-state index in [0.717, 1.165) is 18.4 Å². The van der Waals surface area contributed by atoms with Crippen LogP contribution in [0.2, 0.25) is 0 Å². The van der Waals surface area contributed by atoms with Crippen molar-refractivity contribution in [2.45, 2.75) is 46.5 Å². The fourth-order valence-corrected chi connectivity index (χ4v) is 2.05. The third kappa shape index (κ3) is 3.75. The fourth-order valence-electron chi connectivity index (χ4n) is 2.05. The summed E-state index contributed by atoms with van der Waals surface area (Å²) in [5.74, 6) is 5.21. The van der Waals surface area contributed by atoms with Gasteiger partial charge in [-0.3, -0.25) is 0 Å². The van der Waals surface area contributed by atoms with E-state index in [-0.39, 0.29) is 5.56 Å². The molecule has 0 saturated heterocycles. The van der Waals surface area contributed by atoms with E-state index in [9.17, 15) is 4.79 Å². The lowest BCUT2D eigenvalue weighted by Crippen LogP contribution is -2.07. The number of rotatable bonds is 4. The number of nitrogen functional groups attached to an aromatic ring is 1. The van der Waals surface area contributed by atoms with E-state index in [0.29, 0.717) is 16.8 Å². The third-order valence-electron chi connectivity index (χ3n) is 3.17. The minimum atomic E-state index is -0.941. The topological polar surface area (TPSA) is 63.3 Å². The zero-order valence-corrected chi connectivity index (χ0v) is 11.8. The van der Waals surface area contributed by atoms with E-state index in [4.69, 9.17) is 10.8 Å². The maximum atomic E-state index is 11.1. The first kappa shape index (κ1) is 15.1. The molecular formula is C16H21NO2. The van der Waals surface area contributed by atoms with Crippen molar-refractivity contribution in [1.82, 2.24) is 0 Å². The molecule has 19 heavy (non-hydrogen) atoms. The second kappa shape index (κ2) is 6.84. The van der Waals surface area contributed by atoms with Crippen LogP contribution in [0, 0.1) is 25.7 Å². The van der Waals surface area contributed by atoms with Gasteiger partial charge < -0.3 is 10.8 Å². The van der Waals surface area contributed by atoms with Crippen molar-refractivity contribution >= 4 is 11.7 Å². The Kier molecular flexibility index (Phi) is 5.44. The van der Waals surface area contributed by atoms with Crippen LogP contribution in [-0.2, 0) is 0 Å². The molecule has 0 aliphatic carbocycles. The zero-order chi connectivity index (χ0) is 14.4.